The Labute approximate surface area is 197 Å². The average Bonchev–Trinajstić information content (AvgIpc) is 2.84. The smallest absolute Gasteiger partial charge is 0.317 e. The van der Waals surface area contributed by atoms with Crippen LogP contribution in [0, 0.1) is 0 Å². The van der Waals surface area contributed by atoms with Gasteiger partial charge >= 0.3 is 6.18 Å². The van der Waals surface area contributed by atoms with Crippen LogP contribution in [0.25, 0.3) is 0 Å². The molecule has 10 heteroatoms. The van der Waals surface area contributed by atoms with Crippen molar-refractivity contribution in [2.45, 2.75) is 55.3 Å². The fourth-order valence-corrected chi connectivity index (χ4v) is 5.87. The van der Waals surface area contributed by atoms with Crippen LogP contribution in [0.4, 0.5) is 18.9 Å². The number of likely N-dealkylation sites (tertiary alicyclic amines) is 1. The molecule has 4 rings (SSSR count). The number of alkyl halides is 3. The summed E-state index contributed by atoms with van der Waals surface area (Å²) in [6.07, 6.45) is 0.186. The Kier molecular flexibility index (Phi) is 7.30. The van der Waals surface area contributed by atoms with Gasteiger partial charge in [0, 0.05) is 17.3 Å². The number of hydrogen-bond acceptors (Lipinski definition) is 5. The number of nitrogens with zero attached hydrogens (tertiary/aromatic N) is 1. The summed E-state index contributed by atoms with van der Waals surface area (Å²) in [5, 5.41) is 3.34. The van der Waals surface area contributed by atoms with E-state index in [0.717, 1.165) is 76.0 Å². The number of anilines is 1. The van der Waals surface area contributed by atoms with Crippen molar-refractivity contribution in [3.63, 3.8) is 0 Å². The van der Waals surface area contributed by atoms with Crippen LogP contribution < -0.4 is 10.0 Å². The number of piperidine rings is 2. The van der Waals surface area contributed by atoms with Crippen molar-refractivity contribution in [1.29, 1.82) is 0 Å². The molecule has 0 aromatic heterocycles. The van der Waals surface area contributed by atoms with Crippen molar-refractivity contribution in [2.75, 3.05) is 24.4 Å². The summed E-state index contributed by atoms with van der Waals surface area (Å²) in [5.41, 5.74) is -0.538. The van der Waals surface area contributed by atoms with Crippen LogP contribution in [0.1, 0.15) is 48.0 Å². The van der Waals surface area contributed by atoms with Crippen LogP contribution in [0.3, 0.4) is 0 Å². The second kappa shape index (κ2) is 10.1. The van der Waals surface area contributed by atoms with Crippen molar-refractivity contribution < 1.29 is 26.4 Å². The van der Waals surface area contributed by atoms with E-state index in [2.05, 4.69) is 14.9 Å². The molecular weight excluding hydrogens is 467 g/mol. The number of nitrogens with one attached hydrogen (secondary N) is 2. The highest BCUT2D eigenvalue weighted by Crippen LogP contribution is 2.31. The van der Waals surface area contributed by atoms with Crippen LogP contribution >= 0.6 is 0 Å². The summed E-state index contributed by atoms with van der Waals surface area (Å²) in [5.74, 6) is -0.0928. The number of Topliss-reactive ketones (excluding diaryl/α,β-unsaturated/α-hetero) is 1. The molecule has 0 spiro atoms. The monoisotopic (exact) mass is 495 g/mol. The normalized spacial score (nSPS) is 20.7. The SMILES string of the molecule is O=C(c1cccc(S(=O)(=O)Nc2ccc(C(F)(F)F)cc2)c1)C1CCCCN1C1CCNCC1. The predicted octanol–water partition coefficient (Wildman–Crippen LogP) is 4.30. The van der Waals surface area contributed by atoms with Crippen LogP contribution in [-0.2, 0) is 16.2 Å². The molecule has 2 N–H and O–H groups in total. The average molecular weight is 496 g/mol. The van der Waals surface area contributed by atoms with Crippen LogP contribution in [-0.4, -0.2) is 50.8 Å². The van der Waals surface area contributed by atoms with Gasteiger partial charge in [-0.1, -0.05) is 18.6 Å². The summed E-state index contributed by atoms with van der Waals surface area (Å²) in [7, 11) is -4.09. The van der Waals surface area contributed by atoms with E-state index in [1.165, 1.54) is 18.2 Å². The molecule has 2 aromatic rings. The zero-order valence-electron chi connectivity index (χ0n) is 18.6. The number of benzene rings is 2. The van der Waals surface area contributed by atoms with Gasteiger partial charge in [0.15, 0.2) is 5.78 Å². The largest absolute Gasteiger partial charge is 0.416 e. The number of rotatable bonds is 6. The van der Waals surface area contributed by atoms with E-state index in [1.807, 2.05) is 0 Å². The quantitative estimate of drug-likeness (QED) is 0.585. The molecule has 0 radical (unpaired) electrons. The summed E-state index contributed by atoms with van der Waals surface area (Å²) in [4.78, 5) is 15.6. The van der Waals surface area contributed by atoms with Crippen LogP contribution in [0.2, 0.25) is 0 Å². The Morgan fingerprint density at radius 2 is 1.71 bits per heavy atom. The fraction of sp³-hybridized carbons (Fsp3) is 0.458. The lowest BCUT2D eigenvalue weighted by atomic mass is 9.91. The highest BCUT2D eigenvalue weighted by Gasteiger charge is 2.35. The number of carbonyl (C=O) groups is 1. The minimum atomic E-state index is -4.51. The summed E-state index contributed by atoms with van der Waals surface area (Å²) >= 11 is 0. The molecule has 184 valence electrons. The summed E-state index contributed by atoms with van der Waals surface area (Å²) in [6, 6.07) is 9.68. The molecule has 2 saturated heterocycles. The standard InChI is InChI=1S/C24H28F3N3O3S/c25-24(26,27)18-7-9-19(10-8-18)29-34(32,33)21-5-3-4-17(16-21)23(31)22-6-1-2-15-30(22)20-11-13-28-14-12-20/h3-5,7-10,16,20,22,28-29H,1-2,6,11-15H2. The van der Waals surface area contributed by atoms with E-state index in [0.29, 0.717) is 11.6 Å². The van der Waals surface area contributed by atoms with Crippen molar-refractivity contribution >= 4 is 21.5 Å². The molecule has 2 aliphatic heterocycles. The van der Waals surface area contributed by atoms with Gasteiger partial charge < -0.3 is 5.32 Å². The van der Waals surface area contributed by atoms with E-state index in [4.69, 9.17) is 0 Å². The highest BCUT2D eigenvalue weighted by molar-refractivity contribution is 7.92. The minimum absolute atomic E-state index is 0.00842. The molecule has 0 saturated carbocycles. The molecule has 1 unspecified atom stereocenters. The molecule has 2 fully saturated rings. The van der Waals surface area contributed by atoms with E-state index in [1.54, 1.807) is 6.07 Å². The lowest BCUT2D eigenvalue weighted by Gasteiger charge is -2.42. The van der Waals surface area contributed by atoms with Gasteiger partial charge in [-0.2, -0.15) is 13.2 Å². The Morgan fingerprint density at radius 3 is 2.38 bits per heavy atom. The Bertz CT molecular complexity index is 1110. The highest BCUT2D eigenvalue weighted by atomic mass is 32.2. The molecule has 0 aliphatic carbocycles. The lowest BCUT2D eigenvalue weighted by Crippen LogP contribution is -2.53. The van der Waals surface area contributed by atoms with Gasteiger partial charge in [0.05, 0.1) is 16.5 Å². The van der Waals surface area contributed by atoms with E-state index < -0.39 is 21.8 Å². The third-order valence-electron chi connectivity index (χ3n) is 6.52. The molecule has 2 aliphatic rings. The van der Waals surface area contributed by atoms with Crippen molar-refractivity contribution in [3.05, 3.63) is 59.7 Å². The van der Waals surface area contributed by atoms with Gasteiger partial charge in [0.25, 0.3) is 10.0 Å². The molecule has 0 bridgehead atoms. The zero-order valence-corrected chi connectivity index (χ0v) is 19.5. The van der Waals surface area contributed by atoms with Gasteiger partial charge in [-0.3, -0.25) is 14.4 Å². The first kappa shape index (κ1) is 24.7. The van der Waals surface area contributed by atoms with Crippen molar-refractivity contribution in [3.8, 4) is 0 Å². The van der Waals surface area contributed by atoms with Crippen molar-refractivity contribution in [2.24, 2.45) is 0 Å². The third-order valence-corrected chi connectivity index (χ3v) is 7.90. The Balaban J connectivity index is 1.52. The first-order chi connectivity index (χ1) is 16.1. The number of ketones is 1. The summed E-state index contributed by atoms with van der Waals surface area (Å²) < 4.78 is 66.4. The van der Waals surface area contributed by atoms with Crippen LogP contribution in [0.15, 0.2) is 53.4 Å². The number of sulfonamides is 1. The Hall–Kier alpha value is -2.43. The first-order valence-corrected chi connectivity index (χ1v) is 12.9. The summed E-state index contributed by atoms with van der Waals surface area (Å²) in [6.45, 7) is 2.70. The number of halogens is 3. The zero-order chi connectivity index (χ0) is 24.3. The van der Waals surface area contributed by atoms with Gasteiger partial charge in [-0.25, -0.2) is 8.42 Å². The predicted molar refractivity (Wildman–Crippen MR) is 123 cm³/mol. The number of hydrogen-bond donors (Lipinski definition) is 2. The second-order valence-corrected chi connectivity index (χ2v) is 10.5. The van der Waals surface area contributed by atoms with E-state index in [9.17, 15) is 26.4 Å². The maximum Gasteiger partial charge on any atom is 0.416 e. The molecule has 2 aromatic carbocycles. The van der Waals surface area contributed by atoms with Crippen molar-refractivity contribution in [1.82, 2.24) is 10.2 Å². The molecule has 1 atom stereocenters. The first-order valence-electron chi connectivity index (χ1n) is 11.5. The third kappa shape index (κ3) is 5.61. The Morgan fingerprint density at radius 1 is 1.00 bits per heavy atom. The van der Waals surface area contributed by atoms with Gasteiger partial charge in [0.2, 0.25) is 0 Å². The van der Waals surface area contributed by atoms with Gasteiger partial charge in [0.1, 0.15) is 0 Å². The second-order valence-electron chi connectivity index (χ2n) is 8.80. The lowest BCUT2D eigenvalue weighted by molar-refractivity contribution is -0.137. The molecule has 0 amide bonds. The number of carbonyl (C=O) groups excluding carboxylic acids is 1. The maximum atomic E-state index is 13.4. The molecular formula is C24H28F3N3O3S. The molecule has 6 nitrogen and oxygen atoms in total. The maximum absolute atomic E-state index is 13.4. The molecule has 34 heavy (non-hydrogen) atoms. The minimum Gasteiger partial charge on any atom is -0.317 e. The molecule has 2 heterocycles. The van der Waals surface area contributed by atoms with E-state index in [-0.39, 0.29) is 22.4 Å². The van der Waals surface area contributed by atoms with Gasteiger partial charge in [-0.15, -0.1) is 0 Å². The van der Waals surface area contributed by atoms with Gasteiger partial charge in [-0.05, 0) is 81.7 Å². The van der Waals surface area contributed by atoms with Crippen LogP contribution in [0.5, 0.6) is 0 Å². The fourth-order valence-electron chi connectivity index (χ4n) is 4.76. The van der Waals surface area contributed by atoms with E-state index >= 15 is 0 Å². The topological polar surface area (TPSA) is 78.5 Å².